The smallest absolute Gasteiger partial charge is 0.380 e. The van der Waals surface area contributed by atoms with Gasteiger partial charge in [-0.15, -0.1) is 0 Å². The van der Waals surface area contributed by atoms with E-state index in [0.29, 0.717) is 4.47 Å². The first-order valence-electron chi connectivity index (χ1n) is 5.27. The zero-order valence-corrected chi connectivity index (χ0v) is 11.5. The van der Waals surface area contributed by atoms with Crippen molar-refractivity contribution in [2.24, 2.45) is 0 Å². The molecule has 0 aliphatic heterocycles. The van der Waals surface area contributed by atoms with Crippen molar-refractivity contribution in [2.75, 3.05) is 6.61 Å². The maximum absolute atomic E-state index is 13.9. The number of carbonyl (C=O) groups is 1. The van der Waals surface area contributed by atoms with Gasteiger partial charge in [-0.1, -0.05) is 28.1 Å². The molecule has 0 bridgehead atoms. The summed E-state index contributed by atoms with van der Waals surface area (Å²) in [6.07, 6.45) is 0. The number of carbonyl (C=O) groups excluding carboxylic acids is 1. The standard InChI is InChI=1S/C12H13BrF2O3/c1-3-18-10(16)12(14,15)11(2,17)8-5-4-6-9(13)7-8/h4-7,17H,3H2,1-2H3/t11-/m1/s1. The molecule has 0 aliphatic carbocycles. The zero-order chi connectivity index (χ0) is 14.0. The van der Waals surface area contributed by atoms with E-state index < -0.39 is 17.5 Å². The van der Waals surface area contributed by atoms with E-state index in [0.717, 1.165) is 6.92 Å². The van der Waals surface area contributed by atoms with Crippen LogP contribution in [-0.4, -0.2) is 23.6 Å². The summed E-state index contributed by atoms with van der Waals surface area (Å²) in [6.45, 7) is 2.12. The topological polar surface area (TPSA) is 46.5 Å². The van der Waals surface area contributed by atoms with E-state index in [1.54, 1.807) is 6.07 Å². The fourth-order valence-electron chi connectivity index (χ4n) is 1.39. The van der Waals surface area contributed by atoms with E-state index in [9.17, 15) is 18.7 Å². The summed E-state index contributed by atoms with van der Waals surface area (Å²) < 4.78 is 32.5. The van der Waals surface area contributed by atoms with Gasteiger partial charge in [-0.2, -0.15) is 8.78 Å². The first-order valence-corrected chi connectivity index (χ1v) is 6.06. The van der Waals surface area contributed by atoms with Crippen LogP contribution in [0.1, 0.15) is 19.4 Å². The van der Waals surface area contributed by atoms with Crippen LogP contribution in [0.5, 0.6) is 0 Å². The molecular formula is C12H13BrF2O3. The Bertz CT molecular complexity index is 447. The van der Waals surface area contributed by atoms with Gasteiger partial charge in [0.15, 0.2) is 5.60 Å². The summed E-state index contributed by atoms with van der Waals surface area (Å²) in [4.78, 5) is 11.2. The highest BCUT2D eigenvalue weighted by Gasteiger charge is 2.57. The van der Waals surface area contributed by atoms with Crippen LogP contribution in [0.2, 0.25) is 0 Å². The highest BCUT2D eigenvalue weighted by atomic mass is 79.9. The van der Waals surface area contributed by atoms with Gasteiger partial charge in [-0.05, 0) is 31.5 Å². The minimum Gasteiger partial charge on any atom is -0.461 e. The predicted octanol–water partition coefficient (Wildman–Crippen LogP) is 2.86. The number of hydrogen-bond acceptors (Lipinski definition) is 3. The third-order valence-electron chi connectivity index (χ3n) is 2.53. The van der Waals surface area contributed by atoms with Crippen molar-refractivity contribution < 1.29 is 23.4 Å². The van der Waals surface area contributed by atoms with Gasteiger partial charge in [0.2, 0.25) is 0 Å². The highest BCUT2D eigenvalue weighted by molar-refractivity contribution is 9.10. The summed E-state index contributed by atoms with van der Waals surface area (Å²) in [5.41, 5.74) is -2.71. The molecule has 0 spiro atoms. The van der Waals surface area contributed by atoms with Gasteiger partial charge >= 0.3 is 11.9 Å². The molecule has 1 N–H and O–H groups in total. The normalized spacial score (nSPS) is 15.0. The van der Waals surface area contributed by atoms with E-state index >= 15 is 0 Å². The fraction of sp³-hybridized carbons (Fsp3) is 0.417. The summed E-state index contributed by atoms with van der Waals surface area (Å²) in [5.74, 6) is -5.76. The molecule has 0 unspecified atom stereocenters. The van der Waals surface area contributed by atoms with Gasteiger partial charge in [-0.3, -0.25) is 0 Å². The van der Waals surface area contributed by atoms with E-state index in [4.69, 9.17) is 0 Å². The van der Waals surface area contributed by atoms with Crippen molar-refractivity contribution in [1.82, 2.24) is 0 Å². The maximum Gasteiger partial charge on any atom is 0.380 e. The molecule has 100 valence electrons. The Balaban J connectivity index is 3.16. The fourth-order valence-corrected chi connectivity index (χ4v) is 1.79. The Morgan fingerprint density at radius 3 is 2.61 bits per heavy atom. The lowest BCUT2D eigenvalue weighted by Crippen LogP contribution is -2.49. The molecule has 1 aromatic carbocycles. The first-order chi connectivity index (χ1) is 8.23. The third-order valence-corrected chi connectivity index (χ3v) is 3.02. The molecule has 0 fully saturated rings. The molecule has 18 heavy (non-hydrogen) atoms. The molecule has 0 aliphatic rings. The maximum atomic E-state index is 13.9. The van der Waals surface area contributed by atoms with Crippen molar-refractivity contribution >= 4 is 21.9 Å². The van der Waals surface area contributed by atoms with Gasteiger partial charge in [-0.25, -0.2) is 4.79 Å². The van der Waals surface area contributed by atoms with Crippen LogP contribution in [0.4, 0.5) is 8.78 Å². The first kappa shape index (κ1) is 15.0. The monoisotopic (exact) mass is 322 g/mol. The van der Waals surface area contributed by atoms with Gasteiger partial charge < -0.3 is 9.84 Å². The molecule has 0 amide bonds. The summed E-state index contributed by atoms with van der Waals surface area (Å²) in [5, 5.41) is 9.96. The van der Waals surface area contributed by atoms with Crippen LogP contribution in [0.3, 0.4) is 0 Å². The van der Waals surface area contributed by atoms with Crippen LogP contribution >= 0.6 is 15.9 Å². The molecule has 0 radical (unpaired) electrons. The SMILES string of the molecule is CCOC(=O)C(F)(F)[C@](C)(O)c1cccc(Br)c1. The predicted molar refractivity (Wildman–Crippen MR) is 65.3 cm³/mol. The van der Waals surface area contributed by atoms with Gasteiger partial charge in [0.1, 0.15) is 0 Å². The van der Waals surface area contributed by atoms with Gasteiger partial charge in [0.05, 0.1) is 6.61 Å². The van der Waals surface area contributed by atoms with Crippen LogP contribution in [0.15, 0.2) is 28.7 Å². The largest absolute Gasteiger partial charge is 0.461 e. The van der Waals surface area contributed by atoms with Crippen LogP contribution < -0.4 is 0 Å². The van der Waals surface area contributed by atoms with E-state index in [-0.39, 0.29) is 12.2 Å². The average Bonchev–Trinajstić information content (AvgIpc) is 2.29. The minimum atomic E-state index is -4.02. The number of esters is 1. The second-order valence-corrected chi connectivity index (χ2v) is 4.79. The minimum absolute atomic E-state index is 0.0741. The molecule has 0 saturated carbocycles. The Hall–Kier alpha value is -1.01. The number of rotatable bonds is 4. The Morgan fingerprint density at radius 1 is 1.50 bits per heavy atom. The van der Waals surface area contributed by atoms with Crippen molar-refractivity contribution in [3.63, 3.8) is 0 Å². The Labute approximate surface area is 112 Å². The second-order valence-electron chi connectivity index (χ2n) is 3.88. The molecule has 0 heterocycles. The Kier molecular flexibility index (Phi) is 4.45. The molecular weight excluding hydrogens is 310 g/mol. The van der Waals surface area contributed by atoms with Crippen molar-refractivity contribution in [3.8, 4) is 0 Å². The molecule has 0 saturated heterocycles. The van der Waals surface area contributed by atoms with E-state index in [2.05, 4.69) is 20.7 Å². The highest BCUT2D eigenvalue weighted by Crippen LogP contribution is 2.39. The lowest BCUT2D eigenvalue weighted by molar-refractivity contribution is -0.212. The van der Waals surface area contributed by atoms with Crippen LogP contribution in [0.25, 0.3) is 0 Å². The van der Waals surface area contributed by atoms with E-state index in [1.807, 2.05) is 0 Å². The zero-order valence-electron chi connectivity index (χ0n) is 9.91. The summed E-state index contributed by atoms with van der Waals surface area (Å²) in [7, 11) is 0. The van der Waals surface area contributed by atoms with Crippen molar-refractivity contribution in [1.29, 1.82) is 0 Å². The number of alkyl halides is 2. The quantitative estimate of drug-likeness (QED) is 0.867. The molecule has 1 atom stereocenters. The lowest BCUT2D eigenvalue weighted by atomic mass is 9.89. The van der Waals surface area contributed by atoms with Crippen molar-refractivity contribution in [2.45, 2.75) is 25.4 Å². The number of ether oxygens (including phenoxy) is 1. The molecule has 1 rings (SSSR count). The molecule has 3 nitrogen and oxygen atoms in total. The Morgan fingerprint density at radius 2 is 2.11 bits per heavy atom. The average molecular weight is 323 g/mol. The second kappa shape index (κ2) is 5.32. The van der Waals surface area contributed by atoms with Crippen molar-refractivity contribution in [3.05, 3.63) is 34.3 Å². The van der Waals surface area contributed by atoms with E-state index in [1.165, 1.54) is 25.1 Å². The van der Waals surface area contributed by atoms with Crippen LogP contribution in [0, 0.1) is 0 Å². The number of aliphatic hydroxyl groups is 1. The third kappa shape index (κ3) is 2.70. The molecule has 6 heteroatoms. The molecule has 0 aromatic heterocycles. The molecule has 1 aromatic rings. The number of hydrogen-bond donors (Lipinski definition) is 1. The summed E-state index contributed by atoms with van der Waals surface area (Å²) >= 11 is 3.12. The lowest BCUT2D eigenvalue weighted by Gasteiger charge is -2.31. The number of benzene rings is 1. The number of halogens is 3. The summed E-state index contributed by atoms with van der Waals surface area (Å²) in [6, 6.07) is 5.77. The van der Waals surface area contributed by atoms with Crippen LogP contribution in [-0.2, 0) is 15.1 Å². The van der Waals surface area contributed by atoms with Gasteiger partial charge in [0, 0.05) is 4.47 Å². The van der Waals surface area contributed by atoms with Gasteiger partial charge in [0.25, 0.3) is 0 Å².